The maximum Gasteiger partial charge on any atom is 0.410 e. The van der Waals surface area contributed by atoms with Gasteiger partial charge in [0.2, 0.25) is 0 Å². The lowest BCUT2D eigenvalue weighted by molar-refractivity contribution is -0.0366. The summed E-state index contributed by atoms with van der Waals surface area (Å²) >= 11 is 7.26. The molecular formula is C35H42ClN7O3. The lowest BCUT2D eigenvalue weighted by Gasteiger charge is -2.34. The van der Waals surface area contributed by atoms with Gasteiger partial charge in [-0.1, -0.05) is 17.7 Å². The van der Waals surface area contributed by atoms with Crippen LogP contribution < -0.4 is 0 Å². The summed E-state index contributed by atoms with van der Waals surface area (Å²) in [5, 5.41) is 17.4. The number of aromatic nitrogens is 6. The maximum atomic E-state index is 12.8. The van der Waals surface area contributed by atoms with E-state index in [4.69, 9.17) is 31.3 Å². The number of halogens is 1. The van der Waals surface area contributed by atoms with Crippen molar-refractivity contribution in [2.75, 3.05) is 19.7 Å². The summed E-state index contributed by atoms with van der Waals surface area (Å²) in [5.74, 6) is 0. The number of carbonyl (C=O) groups is 1. The van der Waals surface area contributed by atoms with E-state index in [1.165, 1.54) is 0 Å². The van der Waals surface area contributed by atoms with Gasteiger partial charge in [-0.2, -0.15) is 15.3 Å². The minimum Gasteiger partial charge on any atom is -0.444 e. The van der Waals surface area contributed by atoms with Gasteiger partial charge in [0, 0.05) is 59.9 Å². The number of fused-ring (bicyclic) bond motifs is 2. The van der Waals surface area contributed by atoms with Crippen molar-refractivity contribution < 1.29 is 14.3 Å². The number of amides is 1. The highest BCUT2D eigenvalue weighted by atomic mass is 35.5. The van der Waals surface area contributed by atoms with Crippen LogP contribution in [0.1, 0.15) is 76.4 Å². The van der Waals surface area contributed by atoms with E-state index in [-0.39, 0.29) is 18.4 Å². The first-order valence-corrected chi connectivity index (χ1v) is 16.7. The van der Waals surface area contributed by atoms with Crippen LogP contribution in [0.4, 0.5) is 4.79 Å². The number of carbonyl (C=O) groups excluding carboxylic acids is 1. The molecule has 2 aromatic carbocycles. The highest BCUT2D eigenvalue weighted by Crippen LogP contribution is 2.45. The normalized spacial score (nSPS) is 18.2. The molecule has 1 amide bonds. The highest BCUT2D eigenvalue weighted by Gasteiger charge is 2.32. The average molecular weight is 644 g/mol. The molecule has 1 unspecified atom stereocenters. The fraction of sp³-hybridized carbons (Fsp3) is 0.486. The van der Waals surface area contributed by atoms with E-state index in [1.54, 1.807) is 4.90 Å². The van der Waals surface area contributed by atoms with Gasteiger partial charge in [-0.3, -0.25) is 9.36 Å². The van der Waals surface area contributed by atoms with Crippen LogP contribution in [0.25, 0.3) is 44.2 Å². The average Bonchev–Trinajstić information content (AvgIpc) is 3.72. The van der Waals surface area contributed by atoms with E-state index in [0.717, 1.165) is 94.2 Å². The van der Waals surface area contributed by atoms with E-state index in [9.17, 15) is 4.79 Å². The predicted octanol–water partition coefficient (Wildman–Crippen LogP) is 7.99. The molecule has 5 aromatic rings. The molecule has 1 atom stereocenters. The Bertz CT molecular complexity index is 1940. The molecule has 5 heterocycles. The van der Waals surface area contributed by atoms with Crippen LogP contribution in [-0.2, 0) is 16.5 Å². The molecule has 0 spiro atoms. The number of likely N-dealkylation sites (tertiary alicyclic amines) is 1. The first-order chi connectivity index (χ1) is 22.0. The van der Waals surface area contributed by atoms with Crippen molar-refractivity contribution >= 4 is 39.5 Å². The minimum absolute atomic E-state index is 0.0916. The number of aryl methyl sites for hydroxylation is 2. The molecule has 10 nitrogen and oxygen atoms in total. The van der Waals surface area contributed by atoms with Crippen molar-refractivity contribution in [3.63, 3.8) is 0 Å². The molecule has 0 N–H and O–H groups in total. The summed E-state index contributed by atoms with van der Waals surface area (Å²) in [7, 11) is 1.95. The first-order valence-electron chi connectivity index (χ1n) is 16.3. The molecule has 7 rings (SSSR count). The number of hydrogen-bond donors (Lipinski definition) is 0. The van der Waals surface area contributed by atoms with Crippen molar-refractivity contribution in [2.24, 2.45) is 7.05 Å². The Morgan fingerprint density at radius 2 is 1.76 bits per heavy atom. The Kier molecular flexibility index (Phi) is 7.84. The number of benzene rings is 2. The van der Waals surface area contributed by atoms with E-state index >= 15 is 0 Å². The molecule has 242 valence electrons. The van der Waals surface area contributed by atoms with Gasteiger partial charge in [0.1, 0.15) is 11.3 Å². The largest absolute Gasteiger partial charge is 0.444 e. The van der Waals surface area contributed by atoms with Gasteiger partial charge in [0.15, 0.2) is 6.23 Å². The second kappa shape index (κ2) is 11.7. The Balaban J connectivity index is 1.35. The predicted molar refractivity (Wildman–Crippen MR) is 180 cm³/mol. The summed E-state index contributed by atoms with van der Waals surface area (Å²) in [6, 6.07) is 8.61. The third-order valence-corrected chi connectivity index (χ3v) is 9.82. The van der Waals surface area contributed by atoms with Gasteiger partial charge < -0.3 is 14.4 Å². The van der Waals surface area contributed by atoms with Gasteiger partial charge in [-0.25, -0.2) is 9.48 Å². The van der Waals surface area contributed by atoms with Crippen molar-refractivity contribution in [1.29, 1.82) is 0 Å². The summed E-state index contributed by atoms with van der Waals surface area (Å²) in [4.78, 5) is 14.6. The third-order valence-electron chi connectivity index (χ3n) is 9.33. The molecule has 46 heavy (non-hydrogen) atoms. The van der Waals surface area contributed by atoms with Crippen molar-refractivity contribution in [3.8, 4) is 22.4 Å². The smallest absolute Gasteiger partial charge is 0.410 e. The second-order valence-corrected chi connectivity index (χ2v) is 14.1. The lowest BCUT2D eigenvalue weighted by Crippen LogP contribution is -2.42. The topological polar surface area (TPSA) is 92.2 Å². The fourth-order valence-electron chi connectivity index (χ4n) is 6.99. The number of piperidine rings is 1. The minimum atomic E-state index is -0.527. The summed E-state index contributed by atoms with van der Waals surface area (Å²) < 4.78 is 17.9. The van der Waals surface area contributed by atoms with Crippen molar-refractivity contribution in [2.45, 2.75) is 84.6 Å². The zero-order chi connectivity index (χ0) is 32.3. The Morgan fingerprint density at radius 3 is 2.48 bits per heavy atom. The SMILES string of the molecule is Cc1cc2c(cnn2C2CCCCO2)c(-c2c(-c3ccc4c(cnn4C)c3)nn(C3CCN(C(=O)OC(C)(C)C)CC3)c2C)c1Cl. The van der Waals surface area contributed by atoms with Crippen LogP contribution in [-0.4, -0.2) is 65.6 Å². The van der Waals surface area contributed by atoms with Gasteiger partial charge >= 0.3 is 6.09 Å². The molecule has 0 bridgehead atoms. The molecule has 2 fully saturated rings. The lowest BCUT2D eigenvalue weighted by atomic mass is 9.94. The molecular weight excluding hydrogens is 602 g/mol. The Hall–Kier alpha value is -3.89. The quantitative estimate of drug-likeness (QED) is 0.197. The number of nitrogens with zero attached hydrogens (tertiary/aromatic N) is 7. The molecule has 0 aliphatic carbocycles. The first kappa shape index (κ1) is 30.7. The Morgan fingerprint density at radius 1 is 0.978 bits per heavy atom. The van der Waals surface area contributed by atoms with Crippen molar-refractivity contribution in [1.82, 2.24) is 34.2 Å². The molecule has 0 saturated carbocycles. The van der Waals surface area contributed by atoms with E-state index in [1.807, 2.05) is 49.6 Å². The van der Waals surface area contributed by atoms with Crippen LogP contribution in [0, 0.1) is 13.8 Å². The molecule has 2 aliphatic heterocycles. The van der Waals surface area contributed by atoms with Gasteiger partial charge in [0.05, 0.1) is 34.5 Å². The van der Waals surface area contributed by atoms with E-state index in [0.29, 0.717) is 18.1 Å². The number of hydrogen-bond acceptors (Lipinski definition) is 6. The third kappa shape index (κ3) is 5.45. The molecule has 2 aliphatic rings. The second-order valence-electron chi connectivity index (χ2n) is 13.7. The number of ether oxygens (including phenoxy) is 2. The van der Waals surface area contributed by atoms with E-state index < -0.39 is 5.60 Å². The monoisotopic (exact) mass is 643 g/mol. The van der Waals surface area contributed by atoms with Gasteiger partial charge in [0.25, 0.3) is 0 Å². The zero-order valence-corrected chi connectivity index (χ0v) is 28.3. The molecule has 2 saturated heterocycles. The zero-order valence-electron chi connectivity index (χ0n) is 27.5. The van der Waals surface area contributed by atoms with Crippen LogP contribution in [0.5, 0.6) is 0 Å². The summed E-state index contributed by atoms with van der Waals surface area (Å²) in [5.41, 5.74) is 7.36. The Labute approximate surface area is 274 Å². The van der Waals surface area contributed by atoms with Crippen LogP contribution in [0.15, 0.2) is 36.7 Å². The van der Waals surface area contributed by atoms with Gasteiger partial charge in [-0.15, -0.1) is 0 Å². The van der Waals surface area contributed by atoms with Crippen LogP contribution >= 0.6 is 11.6 Å². The summed E-state index contributed by atoms with van der Waals surface area (Å²) in [6.07, 6.45) is 8.14. The van der Waals surface area contributed by atoms with Crippen LogP contribution in [0.2, 0.25) is 5.02 Å². The number of rotatable bonds is 4. The standard InChI is InChI=1S/C35H42ClN7O3/c1-21-17-28-26(20-38-43(28)29-9-7-8-16-45-29)31(32(21)36)30-22(2)42(25-12-14-41(15-13-25)34(44)46-35(3,4)5)39-33(30)23-10-11-27-24(18-23)19-37-40(27)6/h10-11,17-20,25,29H,7-9,12-16H2,1-6H3. The van der Waals surface area contributed by atoms with Gasteiger partial charge in [-0.05, 0) is 90.5 Å². The summed E-state index contributed by atoms with van der Waals surface area (Å²) in [6.45, 7) is 11.8. The molecule has 11 heteroatoms. The molecule has 0 radical (unpaired) electrons. The molecule has 3 aromatic heterocycles. The van der Waals surface area contributed by atoms with Crippen molar-refractivity contribution in [3.05, 3.63) is 52.9 Å². The van der Waals surface area contributed by atoms with E-state index in [2.05, 4.69) is 47.9 Å². The highest BCUT2D eigenvalue weighted by molar-refractivity contribution is 6.36. The van der Waals surface area contributed by atoms with Crippen LogP contribution in [0.3, 0.4) is 0 Å². The fourth-order valence-corrected chi connectivity index (χ4v) is 7.24. The maximum absolute atomic E-state index is 12.8.